The highest BCUT2D eigenvalue weighted by atomic mass is 127. The van der Waals surface area contributed by atoms with Gasteiger partial charge in [-0.1, -0.05) is 18.2 Å². The average Bonchev–Trinajstić information content (AvgIpc) is 2.98. The first-order chi connectivity index (χ1) is 11.2. The molecule has 0 amide bonds. The van der Waals surface area contributed by atoms with Gasteiger partial charge in [-0.15, -0.1) is 24.0 Å². The fraction of sp³-hybridized carbons (Fsp3) is 0.500. The molecule has 0 saturated heterocycles. The maximum absolute atomic E-state index is 9.61. The molecule has 24 heavy (non-hydrogen) atoms. The van der Waals surface area contributed by atoms with Gasteiger partial charge < -0.3 is 20.7 Å². The van der Waals surface area contributed by atoms with E-state index in [4.69, 9.17) is 4.99 Å². The Morgan fingerprint density at radius 3 is 2.71 bits per heavy atom. The fourth-order valence-corrected chi connectivity index (χ4v) is 3.12. The number of hydrogen-bond donors (Lipinski definition) is 4. The first kappa shape index (κ1) is 19.1. The number of aliphatic imine (C=N–C) groups is 1. The highest BCUT2D eigenvalue weighted by Gasteiger charge is 2.19. The van der Waals surface area contributed by atoms with Crippen molar-refractivity contribution in [2.75, 3.05) is 6.54 Å². The number of para-hydroxylation sites is 1. The molecule has 6 heteroatoms. The molecule has 0 radical (unpaired) electrons. The molecule has 0 spiro atoms. The molecule has 2 aromatic rings. The van der Waals surface area contributed by atoms with Gasteiger partial charge >= 0.3 is 0 Å². The van der Waals surface area contributed by atoms with Crippen LogP contribution in [0.4, 0.5) is 0 Å². The summed E-state index contributed by atoms with van der Waals surface area (Å²) in [7, 11) is 0. The van der Waals surface area contributed by atoms with E-state index in [-0.39, 0.29) is 30.1 Å². The number of benzene rings is 1. The summed E-state index contributed by atoms with van der Waals surface area (Å²) in [5.74, 6) is 0.854. The summed E-state index contributed by atoms with van der Waals surface area (Å²) in [5.41, 5.74) is 2.26. The van der Waals surface area contributed by atoms with Gasteiger partial charge in [-0.25, -0.2) is 4.99 Å². The number of halogens is 1. The average molecular weight is 442 g/mol. The van der Waals surface area contributed by atoms with Crippen molar-refractivity contribution in [1.29, 1.82) is 0 Å². The van der Waals surface area contributed by atoms with Crippen molar-refractivity contribution in [2.45, 2.75) is 51.3 Å². The smallest absolute Gasteiger partial charge is 0.191 e. The lowest BCUT2D eigenvalue weighted by Gasteiger charge is -2.27. The Morgan fingerprint density at radius 2 is 2.00 bits per heavy atom. The molecule has 1 aliphatic carbocycles. The first-order valence-corrected chi connectivity index (χ1v) is 8.54. The normalized spacial score (nSPS) is 21.3. The third kappa shape index (κ3) is 5.11. The van der Waals surface area contributed by atoms with E-state index in [1.165, 1.54) is 5.39 Å². The zero-order valence-corrected chi connectivity index (χ0v) is 16.4. The highest BCUT2D eigenvalue weighted by Crippen LogP contribution is 2.18. The van der Waals surface area contributed by atoms with E-state index in [0.717, 1.165) is 49.4 Å². The van der Waals surface area contributed by atoms with Gasteiger partial charge in [0.05, 0.1) is 12.6 Å². The van der Waals surface area contributed by atoms with Crippen molar-refractivity contribution in [3.63, 3.8) is 0 Å². The summed E-state index contributed by atoms with van der Waals surface area (Å²) in [6.45, 7) is 3.54. The van der Waals surface area contributed by atoms with Gasteiger partial charge in [0.25, 0.3) is 0 Å². The lowest BCUT2D eigenvalue weighted by Crippen LogP contribution is -2.45. The van der Waals surface area contributed by atoms with Crippen LogP contribution in [0.5, 0.6) is 0 Å². The molecule has 0 bridgehead atoms. The molecule has 1 aliphatic rings. The molecule has 1 saturated carbocycles. The minimum Gasteiger partial charge on any atom is -0.393 e. The van der Waals surface area contributed by atoms with Gasteiger partial charge in [0.15, 0.2) is 5.96 Å². The third-order valence-corrected chi connectivity index (χ3v) is 4.38. The van der Waals surface area contributed by atoms with Crippen LogP contribution in [-0.2, 0) is 6.54 Å². The summed E-state index contributed by atoms with van der Waals surface area (Å²) in [5, 5.41) is 17.6. The largest absolute Gasteiger partial charge is 0.393 e. The monoisotopic (exact) mass is 442 g/mol. The highest BCUT2D eigenvalue weighted by molar-refractivity contribution is 14.0. The molecule has 1 fully saturated rings. The van der Waals surface area contributed by atoms with Crippen molar-refractivity contribution in [3.05, 3.63) is 36.0 Å². The van der Waals surface area contributed by atoms with Crippen molar-refractivity contribution in [1.82, 2.24) is 15.6 Å². The Morgan fingerprint density at radius 1 is 1.25 bits per heavy atom. The van der Waals surface area contributed by atoms with Crippen molar-refractivity contribution < 1.29 is 5.11 Å². The number of aromatic nitrogens is 1. The standard InChI is InChI=1S/C18H26N4O.HI/c1-2-19-18(22-14-7-9-16(23)10-8-14)20-12-15-11-13-5-3-4-6-17(13)21-15;/h3-6,11,14,16,21,23H,2,7-10,12H2,1H3,(H2,19,20,22);1H. The van der Waals surface area contributed by atoms with E-state index < -0.39 is 0 Å². The van der Waals surface area contributed by atoms with Gasteiger partial charge in [-0.2, -0.15) is 0 Å². The lowest BCUT2D eigenvalue weighted by molar-refractivity contribution is 0.120. The Bertz CT molecular complexity index is 629. The molecule has 1 heterocycles. The number of aliphatic hydroxyl groups excluding tert-OH is 1. The number of guanidine groups is 1. The van der Waals surface area contributed by atoms with Crippen molar-refractivity contribution in [3.8, 4) is 0 Å². The number of rotatable bonds is 4. The summed E-state index contributed by atoms with van der Waals surface area (Å²) in [4.78, 5) is 8.10. The molecule has 0 atom stereocenters. The van der Waals surface area contributed by atoms with Crippen LogP contribution in [0.3, 0.4) is 0 Å². The van der Waals surface area contributed by atoms with Gasteiger partial charge in [-0.05, 0) is 50.1 Å². The molecule has 0 unspecified atom stereocenters. The van der Waals surface area contributed by atoms with Gasteiger partial charge in [0.2, 0.25) is 0 Å². The Hall–Kier alpha value is -1.28. The number of nitrogens with one attached hydrogen (secondary N) is 3. The summed E-state index contributed by atoms with van der Waals surface area (Å²) < 4.78 is 0. The minimum absolute atomic E-state index is 0. The van der Waals surface area contributed by atoms with E-state index in [1.807, 2.05) is 12.1 Å². The topological polar surface area (TPSA) is 72.4 Å². The first-order valence-electron chi connectivity index (χ1n) is 8.54. The maximum atomic E-state index is 9.61. The molecule has 5 nitrogen and oxygen atoms in total. The predicted molar refractivity (Wildman–Crippen MR) is 110 cm³/mol. The van der Waals surface area contributed by atoms with E-state index in [0.29, 0.717) is 12.6 Å². The second kappa shape index (κ2) is 9.27. The quantitative estimate of drug-likeness (QED) is 0.334. The SMILES string of the molecule is CCNC(=NCc1cc2ccccc2[nH]1)NC1CCC(O)CC1.I. The van der Waals surface area contributed by atoms with E-state index in [2.05, 4.69) is 40.7 Å². The van der Waals surface area contributed by atoms with Crippen LogP contribution >= 0.6 is 24.0 Å². The number of aromatic amines is 1. The number of hydrogen-bond acceptors (Lipinski definition) is 2. The minimum atomic E-state index is -0.126. The van der Waals surface area contributed by atoms with E-state index >= 15 is 0 Å². The molecule has 0 aliphatic heterocycles. The second-order valence-corrected chi connectivity index (χ2v) is 6.23. The second-order valence-electron chi connectivity index (χ2n) is 6.23. The van der Waals surface area contributed by atoms with Crippen molar-refractivity contribution in [2.24, 2.45) is 4.99 Å². The number of H-pyrrole nitrogens is 1. The fourth-order valence-electron chi connectivity index (χ4n) is 3.12. The Kier molecular flexibility index (Phi) is 7.36. The molecule has 4 N–H and O–H groups in total. The van der Waals surface area contributed by atoms with Gasteiger partial charge in [-0.3, -0.25) is 0 Å². The number of nitrogens with zero attached hydrogens (tertiary/aromatic N) is 1. The van der Waals surface area contributed by atoms with Crippen LogP contribution in [0.1, 0.15) is 38.3 Å². The molecule has 1 aromatic heterocycles. The third-order valence-electron chi connectivity index (χ3n) is 4.38. The van der Waals surface area contributed by atoms with Crippen LogP contribution < -0.4 is 10.6 Å². The molecule has 3 rings (SSSR count). The van der Waals surface area contributed by atoms with Crippen LogP contribution in [0, 0.1) is 0 Å². The predicted octanol–water partition coefficient (Wildman–Crippen LogP) is 3.14. The van der Waals surface area contributed by atoms with Crippen LogP contribution in [-0.4, -0.2) is 34.7 Å². The van der Waals surface area contributed by atoms with E-state index in [9.17, 15) is 5.11 Å². The number of fused-ring (bicyclic) bond motifs is 1. The zero-order valence-electron chi connectivity index (χ0n) is 14.1. The number of aliphatic hydroxyl groups is 1. The lowest BCUT2D eigenvalue weighted by atomic mass is 9.93. The molecule has 1 aromatic carbocycles. The van der Waals surface area contributed by atoms with Crippen molar-refractivity contribution >= 4 is 40.8 Å². The summed E-state index contributed by atoms with van der Waals surface area (Å²) >= 11 is 0. The van der Waals surface area contributed by atoms with Crippen LogP contribution in [0.2, 0.25) is 0 Å². The Labute approximate surface area is 160 Å². The summed E-state index contributed by atoms with van der Waals surface area (Å²) in [6.07, 6.45) is 3.62. The van der Waals surface area contributed by atoms with E-state index in [1.54, 1.807) is 0 Å². The molecular weight excluding hydrogens is 415 g/mol. The van der Waals surface area contributed by atoms with Gasteiger partial charge in [0, 0.05) is 23.8 Å². The zero-order chi connectivity index (χ0) is 16.1. The summed E-state index contributed by atoms with van der Waals surface area (Å²) in [6, 6.07) is 10.8. The molecule has 132 valence electrons. The Balaban J connectivity index is 0.00000208. The van der Waals surface area contributed by atoms with Crippen LogP contribution in [0.25, 0.3) is 10.9 Å². The van der Waals surface area contributed by atoms with Gasteiger partial charge in [0.1, 0.15) is 0 Å². The maximum Gasteiger partial charge on any atom is 0.191 e. The molecular formula is C18H27IN4O. The van der Waals surface area contributed by atoms with Crippen LogP contribution in [0.15, 0.2) is 35.3 Å².